The molecule has 0 N–H and O–H groups in total. The molecule has 5 rings (SSSR count). The third-order valence-corrected chi connectivity index (χ3v) is 4.88. The van der Waals surface area contributed by atoms with E-state index in [9.17, 15) is 0 Å². The molecular formula is C24H18IrN4-2. The first-order valence-corrected chi connectivity index (χ1v) is 9.18. The first-order valence-electron chi connectivity index (χ1n) is 9.18. The van der Waals surface area contributed by atoms with Gasteiger partial charge in [-0.3, -0.25) is 0 Å². The van der Waals surface area contributed by atoms with Gasteiger partial charge in [0.1, 0.15) is 11.6 Å². The fraction of sp³-hybridized carbons (Fsp3) is 0.0417. The molecule has 5 heteroatoms. The molecule has 4 aromatic rings. The van der Waals surface area contributed by atoms with Gasteiger partial charge in [-0.15, -0.1) is 24.0 Å². The van der Waals surface area contributed by atoms with Gasteiger partial charge in [-0.2, -0.15) is 18.2 Å². The average Bonchev–Trinajstić information content (AvgIpc) is 3.15. The van der Waals surface area contributed by atoms with Crippen molar-refractivity contribution in [2.24, 2.45) is 0 Å². The number of anilines is 4. The number of fused-ring (bicyclic) bond motifs is 1. The minimum atomic E-state index is 0. The zero-order valence-corrected chi connectivity index (χ0v) is 18.2. The molecule has 3 aromatic carbocycles. The number of hydrogen-bond acceptors (Lipinski definition) is 4. The fourth-order valence-corrected chi connectivity index (χ4v) is 3.50. The molecule has 0 aliphatic carbocycles. The smallest absolute Gasteiger partial charge is 0.145 e. The standard InChI is InChI=1S/C24H18N4.Ir/c1-18-8-5-6-13-22(18)19-9-7-12-21(16-19)28-17-27(20-10-3-2-4-11-20)23-24(28)26-15-14-25-23;/h2-11,13-17H,1H3;/q-2;. The van der Waals surface area contributed by atoms with Crippen molar-refractivity contribution >= 4 is 23.0 Å². The van der Waals surface area contributed by atoms with Crippen LogP contribution in [0.15, 0.2) is 85.2 Å². The third-order valence-electron chi connectivity index (χ3n) is 4.88. The quantitative estimate of drug-likeness (QED) is 0.306. The molecular weight excluding hydrogens is 537 g/mol. The van der Waals surface area contributed by atoms with Crippen molar-refractivity contribution in [1.29, 1.82) is 0 Å². The number of aryl methyl sites for hydroxylation is 1. The van der Waals surface area contributed by atoms with Crippen molar-refractivity contribution in [1.82, 2.24) is 9.97 Å². The van der Waals surface area contributed by atoms with Gasteiger partial charge < -0.3 is 9.80 Å². The maximum atomic E-state index is 4.58. The Hall–Kier alpha value is -3.01. The van der Waals surface area contributed by atoms with Crippen LogP contribution in [0.3, 0.4) is 0 Å². The summed E-state index contributed by atoms with van der Waals surface area (Å²) in [5.74, 6) is 1.60. The minimum Gasteiger partial charge on any atom is -0.477 e. The van der Waals surface area contributed by atoms with E-state index in [1.165, 1.54) is 11.1 Å². The number of aromatic nitrogens is 2. The van der Waals surface area contributed by atoms with E-state index in [2.05, 4.69) is 76.4 Å². The van der Waals surface area contributed by atoms with E-state index in [1.54, 1.807) is 12.4 Å². The molecule has 145 valence electrons. The monoisotopic (exact) mass is 555 g/mol. The molecule has 1 aliphatic rings. The minimum absolute atomic E-state index is 0. The van der Waals surface area contributed by atoms with Crippen LogP contribution in [0.2, 0.25) is 0 Å². The molecule has 0 spiro atoms. The maximum Gasteiger partial charge on any atom is 0.145 e. The second-order valence-electron chi connectivity index (χ2n) is 6.67. The van der Waals surface area contributed by atoms with Crippen LogP contribution in [0.5, 0.6) is 0 Å². The molecule has 0 bridgehead atoms. The summed E-state index contributed by atoms with van der Waals surface area (Å²) in [5.41, 5.74) is 5.60. The zero-order chi connectivity index (χ0) is 18.9. The van der Waals surface area contributed by atoms with Crippen molar-refractivity contribution < 1.29 is 20.1 Å². The average molecular weight is 555 g/mol. The molecule has 0 fully saturated rings. The van der Waals surface area contributed by atoms with Gasteiger partial charge in [0.05, 0.1) is 0 Å². The van der Waals surface area contributed by atoms with Gasteiger partial charge in [0.25, 0.3) is 0 Å². The van der Waals surface area contributed by atoms with Gasteiger partial charge in [-0.25, -0.2) is 9.97 Å². The molecule has 2 heterocycles. The van der Waals surface area contributed by atoms with E-state index >= 15 is 0 Å². The Bertz CT molecular complexity index is 1130. The number of benzene rings is 3. The third kappa shape index (κ3) is 3.55. The second-order valence-corrected chi connectivity index (χ2v) is 6.67. The molecule has 1 aromatic heterocycles. The molecule has 0 unspecified atom stereocenters. The Morgan fingerprint density at radius 2 is 1.52 bits per heavy atom. The number of rotatable bonds is 3. The van der Waals surface area contributed by atoms with E-state index in [1.807, 2.05) is 35.8 Å². The van der Waals surface area contributed by atoms with E-state index in [0.717, 1.165) is 28.6 Å². The van der Waals surface area contributed by atoms with Crippen molar-refractivity contribution in [2.75, 3.05) is 9.80 Å². The summed E-state index contributed by atoms with van der Waals surface area (Å²) in [7, 11) is 0. The van der Waals surface area contributed by atoms with Gasteiger partial charge in [-0.05, 0) is 30.2 Å². The summed E-state index contributed by atoms with van der Waals surface area (Å²) < 4.78 is 0. The summed E-state index contributed by atoms with van der Waals surface area (Å²) in [5, 5.41) is 0. The van der Waals surface area contributed by atoms with Crippen LogP contribution in [-0.4, -0.2) is 9.97 Å². The predicted molar refractivity (Wildman–Crippen MR) is 113 cm³/mol. The van der Waals surface area contributed by atoms with Gasteiger partial charge in [-0.1, -0.05) is 42.5 Å². The van der Waals surface area contributed by atoms with Crippen molar-refractivity contribution in [3.05, 3.63) is 103 Å². The first-order chi connectivity index (χ1) is 13.8. The SMILES string of the molecule is Cc1ccccc1-c1cc[c-]c(N2[CH-]N(c3ccccc3)c3nccnc32)c1.[Ir]. The van der Waals surface area contributed by atoms with Crippen LogP contribution >= 0.6 is 0 Å². The summed E-state index contributed by atoms with van der Waals surface area (Å²) in [6.45, 7) is 4.15. The van der Waals surface area contributed by atoms with Crippen molar-refractivity contribution in [2.45, 2.75) is 6.92 Å². The van der Waals surface area contributed by atoms with Crippen LogP contribution in [0, 0.1) is 19.7 Å². The number of para-hydroxylation sites is 1. The van der Waals surface area contributed by atoms with E-state index in [4.69, 9.17) is 0 Å². The fourth-order valence-electron chi connectivity index (χ4n) is 3.50. The van der Waals surface area contributed by atoms with Crippen molar-refractivity contribution in [3.63, 3.8) is 0 Å². The van der Waals surface area contributed by atoms with Gasteiger partial charge in [0.2, 0.25) is 0 Å². The normalized spacial score (nSPS) is 12.4. The topological polar surface area (TPSA) is 32.3 Å². The zero-order valence-electron chi connectivity index (χ0n) is 15.8. The largest absolute Gasteiger partial charge is 0.477 e. The molecule has 0 atom stereocenters. The molecule has 0 saturated heterocycles. The van der Waals surface area contributed by atoms with E-state index in [0.29, 0.717) is 0 Å². The maximum absolute atomic E-state index is 4.58. The first kappa shape index (κ1) is 19.3. The molecule has 1 radical (unpaired) electrons. The Morgan fingerprint density at radius 1 is 0.828 bits per heavy atom. The molecule has 29 heavy (non-hydrogen) atoms. The second kappa shape index (κ2) is 8.16. The number of hydrogen-bond donors (Lipinski definition) is 0. The Morgan fingerprint density at radius 3 is 2.28 bits per heavy atom. The Balaban J connectivity index is 0.00000205. The van der Waals surface area contributed by atoms with Gasteiger partial charge in [0, 0.05) is 38.2 Å². The Labute approximate surface area is 184 Å². The molecule has 0 amide bonds. The van der Waals surface area contributed by atoms with Crippen LogP contribution in [0.4, 0.5) is 23.0 Å². The van der Waals surface area contributed by atoms with Crippen LogP contribution in [0.1, 0.15) is 5.56 Å². The molecule has 0 saturated carbocycles. The van der Waals surface area contributed by atoms with Crippen molar-refractivity contribution in [3.8, 4) is 11.1 Å². The van der Waals surface area contributed by atoms with Crippen LogP contribution in [0.25, 0.3) is 11.1 Å². The Kier molecular flexibility index (Phi) is 5.43. The summed E-state index contributed by atoms with van der Waals surface area (Å²) in [6, 6.07) is 28.1. The molecule has 4 nitrogen and oxygen atoms in total. The van der Waals surface area contributed by atoms with E-state index in [-0.39, 0.29) is 20.1 Å². The predicted octanol–water partition coefficient (Wildman–Crippen LogP) is 5.66. The van der Waals surface area contributed by atoms with Crippen LogP contribution < -0.4 is 9.80 Å². The summed E-state index contributed by atoms with van der Waals surface area (Å²) in [6.07, 6.45) is 3.44. The van der Waals surface area contributed by atoms with Gasteiger partial charge in [0.15, 0.2) is 0 Å². The van der Waals surface area contributed by atoms with Crippen LogP contribution in [-0.2, 0) is 20.1 Å². The van der Waals surface area contributed by atoms with Gasteiger partial charge >= 0.3 is 0 Å². The molecule has 1 aliphatic heterocycles. The number of nitrogens with zero attached hydrogens (tertiary/aromatic N) is 4. The summed E-state index contributed by atoms with van der Waals surface area (Å²) >= 11 is 0. The summed E-state index contributed by atoms with van der Waals surface area (Å²) in [4.78, 5) is 13.2. The van der Waals surface area contributed by atoms with E-state index < -0.39 is 0 Å².